The summed E-state index contributed by atoms with van der Waals surface area (Å²) in [6.45, 7) is 16.9. The van der Waals surface area contributed by atoms with Crippen LogP contribution in [0.2, 0.25) is 0 Å². The third-order valence-corrected chi connectivity index (χ3v) is 18.4. The quantitative estimate of drug-likeness (QED) is 0.119. The van der Waals surface area contributed by atoms with Gasteiger partial charge in [0.25, 0.3) is 5.91 Å². The number of amides is 2. The fourth-order valence-electron chi connectivity index (χ4n) is 12.7. The minimum Gasteiger partial charge on any atom is -0.464 e. The number of likely N-dealkylation sites (tertiary alicyclic amines) is 1. The number of ether oxygens (including phenoxy) is 4. The molecule has 77 heavy (non-hydrogen) atoms. The van der Waals surface area contributed by atoms with Crippen LogP contribution in [-0.2, 0) is 46.3 Å². The minimum absolute atomic E-state index is 0.0299. The first kappa shape index (κ1) is 52.3. The summed E-state index contributed by atoms with van der Waals surface area (Å²) in [5, 5.41) is 8.74. The zero-order valence-electron chi connectivity index (χ0n) is 45.3. The molecule has 6 fully saturated rings. The van der Waals surface area contributed by atoms with E-state index >= 15 is 4.79 Å². The molecule has 6 bridgehead atoms. The highest BCUT2D eigenvalue weighted by atomic mass is 32.1. The van der Waals surface area contributed by atoms with Crippen LogP contribution in [0.1, 0.15) is 113 Å². The van der Waals surface area contributed by atoms with E-state index in [0.29, 0.717) is 52.2 Å². The lowest BCUT2D eigenvalue weighted by Crippen LogP contribution is -2.63. The molecule has 0 radical (unpaired) electrons. The van der Waals surface area contributed by atoms with Gasteiger partial charge in [0.1, 0.15) is 23.4 Å². The first-order valence-electron chi connectivity index (χ1n) is 28.3. The van der Waals surface area contributed by atoms with Gasteiger partial charge in [-0.2, -0.15) is 0 Å². The fourth-order valence-corrected chi connectivity index (χ4v) is 13.7. The largest absolute Gasteiger partial charge is 0.464 e. The third kappa shape index (κ3) is 10.8. The van der Waals surface area contributed by atoms with Gasteiger partial charge in [0.2, 0.25) is 5.91 Å². The highest BCUT2D eigenvalue weighted by molar-refractivity contribution is 7.10. The molecule has 12 rings (SSSR count). The Hall–Kier alpha value is -5.41. The van der Waals surface area contributed by atoms with Crippen molar-refractivity contribution in [1.29, 1.82) is 0 Å². The van der Waals surface area contributed by atoms with Gasteiger partial charge in [-0.3, -0.25) is 34.2 Å². The second-order valence-electron chi connectivity index (χ2n) is 23.4. The van der Waals surface area contributed by atoms with Crippen molar-refractivity contribution in [1.82, 2.24) is 50.1 Å². The van der Waals surface area contributed by atoms with Gasteiger partial charge < -0.3 is 33.7 Å². The summed E-state index contributed by atoms with van der Waals surface area (Å²) in [5.74, 6) is -1.34. The first-order chi connectivity index (χ1) is 37.4. The number of nitrogens with one attached hydrogen (secondary N) is 2. The Balaban J connectivity index is 0.982. The molecule has 7 atom stereocenters. The molecule has 18 nitrogen and oxygen atoms in total. The van der Waals surface area contributed by atoms with E-state index in [2.05, 4.69) is 97.3 Å². The number of cyclic esters (lactones) is 1. The molecule has 1 aromatic carbocycles. The monoisotopic (exact) mass is 1070 g/mol. The van der Waals surface area contributed by atoms with Crippen molar-refractivity contribution in [3.63, 3.8) is 0 Å². The van der Waals surface area contributed by atoms with Gasteiger partial charge in [0.15, 0.2) is 0 Å². The number of benzene rings is 1. The van der Waals surface area contributed by atoms with Gasteiger partial charge in [-0.15, -0.1) is 11.3 Å². The van der Waals surface area contributed by atoms with E-state index in [1.54, 1.807) is 18.3 Å². The number of carbonyl (C=O) groups excluding carboxylic acids is 3. The van der Waals surface area contributed by atoms with Crippen LogP contribution < -0.4 is 15.6 Å². The Morgan fingerprint density at radius 2 is 1.79 bits per heavy atom. The highest BCUT2D eigenvalue weighted by Gasteiger charge is 2.55. The van der Waals surface area contributed by atoms with Crippen LogP contribution in [-0.4, -0.2) is 161 Å². The Labute approximate surface area is 455 Å². The molecular formula is C58H75N11O7S. The van der Waals surface area contributed by atoms with Crippen molar-refractivity contribution in [2.24, 2.45) is 17.3 Å². The lowest BCUT2D eigenvalue weighted by molar-refractivity contribution is -0.156. The van der Waals surface area contributed by atoms with Gasteiger partial charge in [0.05, 0.1) is 60.4 Å². The molecule has 9 heterocycles. The molecule has 0 spiro atoms. The van der Waals surface area contributed by atoms with Crippen molar-refractivity contribution in [3.05, 3.63) is 76.4 Å². The van der Waals surface area contributed by atoms with Crippen LogP contribution in [0, 0.1) is 17.3 Å². The highest BCUT2D eigenvalue weighted by Crippen LogP contribution is 2.53. The normalized spacial score (nSPS) is 27.0. The van der Waals surface area contributed by atoms with Gasteiger partial charge in [-0.1, -0.05) is 26.8 Å². The number of aromatic nitrogens is 5. The predicted molar refractivity (Wildman–Crippen MR) is 293 cm³/mol. The van der Waals surface area contributed by atoms with Crippen molar-refractivity contribution in [3.8, 4) is 22.5 Å². The third-order valence-electron chi connectivity index (χ3n) is 17.5. The second-order valence-corrected chi connectivity index (χ2v) is 24.2. The van der Waals surface area contributed by atoms with Gasteiger partial charge in [0, 0.05) is 135 Å². The SMILES string of the molecule is CO[C@@H](C)c1ncc(N2CCN(C3CC3)CC2)cc1-c1c2c3cc(ccc3n1CCOC1CCOCC1)-c1csc(n1)[C@@H](N1CCC1)[C@H](NC(=O)[C@@H]1[C@@H](C)[C@H]1c1ccncn1)C(=O)N1CCC[C@H](N1)C(=O)OCC(C)(C)C2. The zero-order chi connectivity index (χ0) is 53.0. The van der Waals surface area contributed by atoms with Gasteiger partial charge >= 0.3 is 5.97 Å². The number of rotatable bonds is 13. The number of nitrogens with zero attached hydrogens (tertiary/aromatic N) is 9. The maximum absolute atomic E-state index is 15.2. The number of hydrazine groups is 1. The zero-order valence-corrected chi connectivity index (χ0v) is 46.1. The molecule has 2 N–H and O–H groups in total. The van der Waals surface area contributed by atoms with E-state index < -0.39 is 29.5 Å². The Kier molecular flexibility index (Phi) is 15.0. The van der Waals surface area contributed by atoms with Gasteiger partial charge in [-0.05, 0) is 94.0 Å². The van der Waals surface area contributed by atoms with Crippen LogP contribution in [0.5, 0.6) is 0 Å². The number of hydrogen-bond acceptors (Lipinski definition) is 16. The molecule has 2 aliphatic carbocycles. The number of carbonyl (C=O) groups is 3. The maximum Gasteiger partial charge on any atom is 0.324 e. The van der Waals surface area contributed by atoms with Crippen LogP contribution in [0.4, 0.5) is 5.69 Å². The average molecular weight is 1070 g/mol. The minimum atomic E-state index is -0.995. The predicted octanol–water partition coefficient (Wildman–Crippen LogP) is 6.71. The standard InChI is InChI=1S/C58H75N11O7S/c1-35-48(44-13-16-59-34-61-44)49(35)54(70)63-51-53(67-17-7-18-67)55-62-46(32-77-55)37-9-12-47-41(28-37)43(30-58(3,4)33-76-57(72)45-8-6-19-69(64-45)56(51)71)52(68(47)24-27-75-40-14-25-74-26-15-40)42-29-39(31-60-50(42)36(2)73-5)66-22-20-65(21-23-66)38-10-11-38/h9,12-13,16,28-29,31-32,34-36,38,40,45,48-49,51,53,64H,6-8,10-11,14-15,17-27,30,33H2,1-5H3,(H,63,70)/t35-,36-,45-,48-,49+,51-,53-/m0/s1. The fraction of sp³-hybridized carbons (Fsp3) is 0.603. The lowest BCUT2D eigenvalue weighted by atomic mass is 9.84. The van der Waals surface area contributed by atoms with E-state index in [1.165, 1.54) is 30.5 Å². The summed E-state index contributed by atoms with van der Waals surface area (Å²) in [4.78, 5) is 70.9. The summed E-state index contributed by atoms with van der Waals surface area (Å²) in [5.41, 5.74) is 11.5. The number of pyridine rings is 1. The summed E-state index contributed by atoms with van der Waals surface area (Å²) in [7, 11) is 1.74. The lowest BCUT2D eigenvalue weighted by Gasteiger charge is -2.43. The molecule has 0 unspecified atom stereocenters. The number of thiazole rings is 1. The van der Waals surface area contributed by atoms with E-state index in [1.807, 2.05) is 12.3 Å². The molecular weight excluding hydrogens is 995 g/mol. The van der Waals surface area contributed by atoms with E-state index in [4.69, 9.17) is 28.9 Å². The number of piperazine rings is 1. The Morgan fingerprint density at radius 3 is 2.53 bits per heavy atom. The molecule has 5 aliphatic heterocycles. The first-order valence-corrected chi connectivity index (χ1v) is 29.2. The van der Waals surface area contributed by atoms with Crippen molar-refractivity contribution < 1.29 is 33.3 Å². The Bertz CT molecular complexity index is 2950. The van der Waals surface area contributed by atoms with E-state index in [0.717, 1.165) is 126 Å². The topological polar surface area (TPSA) is 182 Å². The van der Waals surface area contributed by atoms with Crippen molar-refractivity contribution in [2.75, 3.05) is 84.3 Å². The molecule has 4 saturated heterocycles. The number of hydrogen-bond donors (Lipinski definition) is 2. The maximum atomic E-state index is 15.2. The van der Waals surface area contributed by atoms with Gasteiger partial charge in [-0.25, -0.2) is 20.4 Å². The molecule has 19 heteroatoms. The molecule has 4 aromatic heterocycles. The molecule has 5 aromatic rings. The molecule has 7 aliphatic rings. The number of esters is 1. The number of fused-ring (bicyclic) bond motifs is 6. The smallest absolute Gasteiger partial charge is 0.324 e. The molecule has 410 valence electrons. The summed E-state index contributed by atoms with van der Waals surface area (Å²) in [6, 6.07) is 9.26. The molecule has 2 saturated carbocycles. The average Bonchev–Trinajstić information content (AvgIpc) is 4.51. The van der Waals surface area contributed by atoms with E-state index in [-0.39, 0.29) is 48.4 Å². The van der Waals surface area contributed by atoms with Crippen LogP contribution >= 0.6 is 11.3 Å². The number of anilines is 1. The van der Waals surface area contributed by atoms with Crippen molar-refractivity contribution >= 4 is 45.7 Å². The van der Waals surface area contributed by atoms with Crippen LogP contribution in [0.15, 0.2) is 54.4 Å². The summed E-state index contributed by atoms with van der Waals surface area (Å²) < 4.78 is 27.3. The van der Waals surface area contributed by atoms with Crippen LogP contribution in [0.25, 0.3) is 33.4 Å². The second kappa shape index (κ2) is 22.0. The molecule has 2 amide bonds. The summed E-state index contributed by atoms with van der Waals surface area (Å²) in [6.07, 6.45) is 12.0. The van der Waals surface area contributed by atoms with Crippen LogP contribution in [0.3, 0.4) is 0 Å². The summed E-state index contributed by atoms with van der Waals surface area (Å²) >= 11 is 1.52. The van der Waals surface area contributed by atoms with E-state index in [9.17, 15) is 9.59 Å². The van der Waals surface area contributed by atoms with Crippen molar-refractivity contribution in [2.45, 2.75) is 128 Å². The number of methoxy groups -OCH3 is 1. The Morgan fingerprint density at radius 1 is 0.974 bits per heavy atom.